The molecule has 24 heavy (non-hydrogen) atoms. The maximum Gasteiger partial charge on any atom is 0.118 e. The molecule has 2 aromatic rings. The number of aliphatic hydroxyl groups is 1. The Balaban J connectivity index is 2.27. The van der Waals surface area contributed by atoms with Crippen LogP contribution in [0.5, 0.6) is 5.75 Å². The summed E-state index contributed by atoms with van der Waals surface area (Å²) in [4.78, 5) is 1.28. The first kappa shape index (κ1) is 19.4. The van der Waals surface area contributed by atoms with Crippen molar-refractivity contribution in [1.29, 1.82) is 0 Å². The van der Waals surface area contributed by atoms with Crippen LogP contribution in [0.2, 0.25) is 0 Å². The molecule has 0 radical (unpaired) electrons. The molecule has 1 atom stereocenters. The molecule has 1 N–H and O–H groups in total. The van der Waals surface area contributed by atoms with Crippen LogP contribution in [0.3, 0.4) is 0 Å². The number of benzene rings is 2. The second-order valence-electron chi connectivity index (χ2n) is 6.82. The number of ether oxygens (including phenoxy) is 1. The van der Waals surface area contributed by atoms with Crippen molar-refractivity contribution in [2.24, 2.45) is 0 Å². The molecule has 0 aliphatic carbocycles. The van der Waals surface area contributed by atoms with Gasteiger partial charge in [-0.05, 0) is 47.9 Å². The fraction of sp³-hybridized carbons (Fsp3) is 0.400. The number of aliphatic hydroxyl groups excluding tert-OH is 1. The van der Waals surface area contributed by atoms with E-state index in [4.69, 9.17) is 4.74 Å². The predicted molar refractivity (Wildman–Crippen MR) is 106 cm³/mol. The Bertz CT molecular complexity index is 662. The third-order valence-electron chi connectivity index (χ3n) is 3.71. The Morgan fingerprint density at radius 1 is 1.12 bits per heavy atom. The Kier molecular flexibility index (Phi) is 6.79. The van der Waals surface area contributed by atoms with Crippen LogP contribution in [0.4, 0.5) is 0 Å². The van der Waals surface area contributed by atoms with Gasteiger partial charge in [-0.2, -0.15) is 0 Å². The topological polar surface area (TPSA) is 29.5 Å². The minimum atomic E-state index is 0.0736. The lowest BCUT2D eigenvalue weighted by Crippen LogP contribution is -2.11. The summed E-state index contributed by atoms with van der Waals surface area (Å²) >= 11 is 5.44. The largest absolute Gasteiger partial charge is 0.497 e. The second-order valence-corrected chi connectivity index (χ2v) is 9.61. The smallest absolute Gasteiger partial charge is 0.118 e. The summed E-state index contributed by atoms with van der Waals surface area (Å²) < 4.78 is 6.44. The molecule has 2 rings (SSSR count). The first-order chi connectivity index (χ1) is 11.3. The lowest BCUT2D eigenvalue weighted by Gasteiger charge is -2.22. The molecule has 0 aromatic heterocycles. The third kappa shape index (κ3) is 5.54. The monoisotopic (exact) mass is 408 g/mol. The quantitative estimate of drug-likeness (QED) is 0.624. The van der Waals surface area contributed by atoms with Gasteiger partial charge in [0.1, 0.15) is 5.75 Å². The summed E-state index contributed by atoms with van der Waals surface area (Å²) in [6.45, 7) is 6.78. The molecular formula is C20H25BrO2S. The molecule has 0 heterocycles. The van der Waals surface area contributed by atoms with Crippen molar-refractivity contribution < 1.29 is 9.84 Å². The average molecular weight is 409 g/mol. The van der Waals surface area contributed by atoms with Crippen LogP contribution in [-0.2, 0) is 6.42 Å². The van der Waals surface area contributed by atoms with Gasteiger partial charge in [0.25, 0.3) is 0 Å². The Labute approximate surface area is 157 Å². The number of methoxy groups -OCH3 is 1. The summed E-state index contributed by atoms with van der Waals surface area (Å²) in [5, 5.41) is 9.91. The molecule has 0 aliphatic heterocycles. The molecule has 0 spiro atoms. The number of hydrogen-bond donors (Lipinski definition) is 1. The lowest BCUT2D eigenvalue weighted by molar-refractivity contribution is 0.264. The molecule has 0 aliphatic rings. The molecule has 2 aromatic carbocycles. The summed E-state index contributed by atoms with van der Waals surface area (Å²) in [7, 11) is 1.66. The van der Waals surface area contributed by atoms with E-state index in [-0.39, 0.29) is 17.3 Å². The highest BCUT2D eigenvalue weighted by Crippen LogP contribution is 2.37. The molecule has 0 fully saturated rings. The van der Waals surface area contributed by atoms with Crippen LogP contribution < -0.4 is 4.74 Å². The van der Waals surface area contributed by atoms with E-state index in [1.54, 1.807) is 7.11 Å². The fourth-order valence-corrected chi connectivity index (χ4v) is 4.04. The van der Waals surface area contributed by atoms with Crippen molar-refractivity contribution >= 4 is 27.7 Å². The minimum Gasteiger partial charge on any atom is -0.497 e. The van der Waals surface area contributed by atoms with Gasteiger partial charge in [-0.3, -0.25) is 0 Å². The second kappa shape index (κ2) is 8.41. The number of hydrogen-bond acceptors (Lipinski definition) is 3. The van der Waals surface area contributed by atoms with Gasteiger partial charge in [0.05, 0.1) is 13.7 Å². The average Bonchev–Trinajstić information content (AvgIpc) is 2.54. The SMILES string of the molecule is COc1ccc(C(CO)Cc2cc(Br)ccc2SC(C)(C)C)cc1. The summed E-state index contributed by atoms with van der Waals surface area (Å²) in [5.41, 5.74) is 2.39. The molecule has 2 nitrogen and oxygen atoms in total. The zero-order valence-electron chi connectivity index (χ0n) is 14.7. The van der Waals surface area contributed by atoms with E-state index in [2.05, 4.69) is 54.9 Å². The van der Waals surface area contributed by atoms with Gasteiger partial charge in [0.2, 0.25) is 0 Å². The number of rotatable bonds is 6. The van der Waals surface area contributed by atoms with Gasteiger partial charge < -0.3 is 9.84 Å². The molecule has 1 unspecified atom stereocenters. The standard InChI is InChI=1S/C20H25BrO2S/c1-20(2,3)24-19-10-7-17(21)12-15(19)11-16(13-22)14-5-8-18(23-4)9-6-14/h5-10,12,16,22H,11,13H2,1-4H3. The highest BCUT2D eigenvalue weighted by Gasteiger charge is 2.18. The van der Waals surface area contributed by atoms with Gasteiger partial charge in [-0.15, -0.1) is 11.8 Å². The zero-order chi connectivity index (χ0) is 17.7. The van der Waals surface area contributed by atoms with Crippen molar-refractivity contribution in [2.75, 3.05) is 13.7 Å². The first-order valence-corrected chi connectivity index (χ1v) is 9.65. The highest BCUT2D eigenvalue weighted by molar-refractivity contribution is 9.10. The molecule has 0 amide bonds. The summed E-state index contributed by atoms with van der Waals surface area (Å²) in [6, 6.07) is 14.4. The maximum absolute atomic E-state index is 9.91. The molecule has 0 bridgehead atoms. The van der Waals surface area contributed by atoms with E-state index in [9.17, 15) is 5.11 Å². The molecule has 0 saturated carbocycles. The van der Waals surface area contributed by atoms with Gasteiger partial charge >= 0.3 is 0 Å². The van der Waals surface area contributed by atoms with Crippen LogP contribution in [-0.4, -0.2) is 23.6 Å². The van der Waals surface area contributed by atoms with Gasteiger partial charge in [0, 0.05) is 20.0 Å². The van der Waals surface area contributed by atoms with Crippen LogP contribution in [0, 0.1) is 0 Å². The van der Waals surface area contributed by atoms with E-state index in [0.717, 1.165) is 22.2 Å². The van der Waals surface area contributed by atoms with E-state index >= 15 is 0 Å². The van der Waals surface area contributed by atoms with Gasteiger partial charge in [-0.25, -0.2) is 0 Å². The number of thioether (sulfide) groups is 1. The zero-order valence-corrected chi connectivity index (χ0v) is 17.1. The van der Waals surface area contributed by atoms with Crippen molar-refractivity contribution in [3.8, 4) is 5.75 Å². The van der Waals surface area contributed by atoms with Gasteiger partial charge in [-0.1, -0.05) is 48.8 Å². The Morgan fingerprint density at radius 2 is 1.79 bits per heavy atom. The lowest BCUT2D eigenvalue weighted by atomic mass is 9.92. The fourth-order valence-electron chi connectivity index (χ4n) is 2.57. The summed E-state index contributed by atoms with van der Waals surface area (Å²) in [6.07, 6.45) is 0.806. The normalized spacial score (nSPS) is 12.9. The van der Waals surface area contributed by atoms with Gasteiger partial charge in [0.15, 0.2) is 0 Å². The summed E-state index contributed by atoms with van der Waals surface area (Å²) in [5.74, 6) is 0.909. The Hall–Kier alpha value is -0.970. The molecule has 4 heteroatoms. The van der Waals surface area contributed by atoms with Crippen LogP contribution >= 0.6 is 27.7 Å². The third-order valence-corrected chi connectivity index (χ3v) is 5.44. The molecular weight excluding hydrogens is 384 g/mol. The van der Waals surface area contributed by atoms with Crippen LogP contribution in [0.15, 0.2) is 51.8 Å². The van der Waals surface area contributed by atoms with Crippen molar-refractivity contribution in [2.45, 2.75) is 42.8 Å². The van der Waals surface area contributed by atoms with Crippen molar-refractivity contribution in [1.82, 2.24) is 0 Å². The maximum atomic E-state index is 9.91. The van der Waals surface area contributed by atoms with Crippen molar-refractivity contribution in [3.63, 3.8) is 0 Å². The minimum absolute atomic E-state index is 0.0736. The predicted octanol–water partition coefficient (Wildman–Crippen LogP) is 5.67. The van der Waals surface area contributed by atoms with Crippen molar-refractivity contribution in [3.05, 3.63) is 58.1 Å². The van der Waals surface area contributed by atoms with E-state index < -0.39 is 0 Å². The molecule has 130 valence electrons. The van der Waals surface area contributed by atoms with E-state index in [0.29, 0.717) is 0 Å². The van der Waals surface area contributed by atoms with Crippen LogP contribution in [0.1, 0.15) is 37.8 Å². The van der Waals surface area contributed by atoms with E-state index in [1.165, 1.54) is 10.5 Å². The number of halogens is 1. The highest BCUT2D eigenvalue weighted by atomic mass is 79.9. The van der Waals surface area contributed by atoms with E-state index in [1.807, 2.05) is 36.0 Å². The van der Waals surface area contributed by atoms with Crippen LogP contribution in [0.25, 0.3) is 0 Å². The first-order valence-electron chi connectivity index (χ1n) is 8.04. The molecule has 0 saturated heterocycles. The Morgan fingerprint density at radius 3 is 2.33 bits per heavy atom.